The van der Waals surface area contributed by atoms with E-state index in [9.17, 15) is 0 Å². The second-order valence-corrected chi connectivity index (χ2v) is 2.46. The monoisotopic (exact) mass is 114 g/mol. The lowest BCUT2D eigenvalue weighted by atomic mass is 10.1. The maximum Gasteiger partial charge on any atom is 0.0347 e. The van der Waals surface area contributed by atoms with Crippen LogP contribution in [0.15, 0.2) is 5.10 Å². The molecule has 0 aromatic rings. The molecule has 0 unspecified atom stereocenters. The number of rotatable bonds is 2. The van der Waals surface area contributed by atoms with E-state index < -0.39 is 0 Å². The lowest BCUT2D eigenvalue weighted by molar-refractivity contribution is 0.681. The van der Waals surface area contributed by atoms with Crippen LogP contribution in [-0.4, -0.2) is 5.71 Å². The minimum Gasteiger partial charge on any atom is -0.323 e. The van der Waals surface area contributed by atoms with Crippen LogP contribution in [0, 0.1) is 5.92 Å². The topological polar surface area (TPSA) is 38.4 Å². The smallest absolute Gasteiger partial charge is 0.0347 e. The van der Waals surface area contributed by atoms with Gasteiger partial charge in [-0.2, -0.15) is 5.10 Å². The van der Waals surface area contributed by atoms with Gasteiger partial charge in [0.05, 0.1) is 0 Å². The molecule has 0 aromatic carbocycles. The Kier molecular flexibility index (Phi) is 3.24. The minimum absolute atomic E-state index is 0.669. The first-order valence-electron chi connectivity index (χ1n) is 2.90. The second-order valence-electron chi connectivity index (χ2n) is 2.46. The van der Waals surface area contributed by atoms with Crippen LogP contribution in [0.2, 0.25) is 0 Å². The first-order chi connectivity index (χ1) is 3.66. The van der Waals surface area contributed by atoms with Crippen molar-refractivity contribution < 1.29 is 0 Å². The van der Waals surface area contributed by atoms with Gasteiger partial charge < -0.3 is 5.84 Å². The zero-order chi connectivity index (χ0) is 6.57. The van der Waals surface area contributed by atoms with Crippen LogP contribution in [0.25, 0.3) is 0 Å². The largest absolute Gasteiger partial charge is 0.323 e. The van der Waals surface area contributed by atoms with Crippen molar-refractivity contribution in [2.45, 2.75) is 27.2 Å². The first-order valence-corrected chi connectivity index (χ1v) is 2.90. The maximum atomic E-state index is 5.01. The highest BCUT2D eigenvalue weighted by molar-refractivity contribution is 5.81. The Morgan fingerprint density at radius 2 is 2.12 bits per heavy atom. The molecular formula is C6H14N2. The van der Waals surface area contributed by atoms with Gasteiger partial charge in [0.2, 0.25) is 0 Å². The van der Waals surface area contributed by atoms with E-state index in [4.69, 9.17) is 5.84 Å². The van der Waals surface area contributed by atoms with Gasteiger partial charge in [0.1, 0.15) is 0 Å². The molecule has 0 aliphatic heterocycles. The molecule has 0 radical (unpaired) electrons. The maximum absolute atomic E-state index is 5.01. The number of nitrogens with two attached hydrogens (primary N) is 1. The summed E-state index contributed by atoms with van der Waals surface area (Å²) in [4.78, 5) is 0. The van der Waals surface area contributed by atoms with Crippen molar-refractivity contribution in [2.24, 2.45) is 16.9 Å². The lowest BCUT2D eigenvalue weighted by Crippen LogP contribution is -2.00. The summed E-state index contributed by atoms with van der Waals surface area (Å²) < 4.78 is 0. The summed E-state index contributed by atoms with van der Waals surface area (Å²) in [5.74, 6) is 5.68. The van der Waals surface area contributed by atoms with E-state index in [1.54, 1.807) is 0 Å². The molecule has 2 N–H and O–H groups in total. The van der Waals surface area contributed by atoms with Gasteiger partial charge in [0, 0.05) is 5.71 Å². The molecule has 0 aliphatic carbocycles. The van der Waals surface area contributed by atoms with Crippen molar-refractivity contribution in [3.63, 3.8) is 0 Å². The zero-order valence-corrected chi connectivity index (χ0v) is 5.81. The molecule has 0 amide bonds. The SMILES string of the molecule is C/C(CC(C)C)=N/N. The summed E-state index contributed by atoms with van der Waals surface area (Å²) in [6.45, 7) is 6.24. The molecule has 0 bridgehead atoms. The molecule has 0 saturated carbocycles. The van der Waals surface area contributed by atoms with Crippen molar-refractivity contribution in [3.05, 3.63) is 0 Å². The number of hydrazone groups is 1. The van der Waals surface area contributed by atoms with Gasteiger partial charge in [0.15, 0.2) is 0 Å². The highest BCUT2D eigenvalue weighted by atomic mass is 15.1. The summed E-state index contributed by atoms with van der Waals surface area (Å²) in [6, 6.07) is 0. The van der Waals surface area contributed by atoms with Gasteiger partial charge >= 0.3 is 0 Å². The number of hydrogen-bond donors (Lipinski definition) is 1. The first kappa shape index (κ1) is 7.47. The Morgan fingerprint density at radius 1 is 1.62 bits per heavy atom. The Labute approximate surface area is 50.8 Å². The van der Waals surface area contributed by atoms with Crippen LogP contribution in [-0.2, 0) is 0 Å². The Bertz CT molecular complexity index is 84.5. The van der Waals surface area contributed by atoms with Crippen LogP contribution >= 0.6 is 0 Å². The van der Waals surface area contributed by atoms with Crippen molar-refractivity contribution in [2.75, 3.05) is 0 Å². The van der Waals surface area contributed by atoms with E-state index in [0.717, 1.165) is 12.1 Å². The van der Waals surface area contributed by atoms with E-state index in [2.05, 4.69) is 18.9 Å². The average molecular weight is 114 g/mol. The molecule has 0 fully saturated rings. The van der Waals surface area contributed by atoms with Crippen LogP contribution in [0.3, 0.4) is 0 Å². The van der Waals surface area contributed by atoms with E-state index in [1.165, 1.54) is 0 Å². The quantitative estimate of drug-likeness (QED) is 0.328. The van der Waals surface area contributed by atoms with Gasteiger partial charge in [-0.25, -0.2) is 0 Å². The third-order valence-corrected chi connectivity index (χ3v) is 0.924. The molecule has 2 heteroatoms. The number of hydrogen-bond acceptors (Lipinski definition) is 2. The molecule has 2 nitrogen and oxygen atoms in total. The molecule has 0 rings (SSSR count). The van der Waals surface area contributed by atoms with Crippen LogP contribution in [0.5, 0.6) is 0 Å². The molecule has 0 spiro atoms. The molecule has 0 atom stereocenters. The van der Waals surface area contributed by atoms with E-state index >= 15 is 0 Å². The fraction of sp³-hybridized carbons (Fsp3) is 0.833. The van der Waals surface area contributed by atoms with E-state index in [1.807, 2.05) is 6.92 Å². The molecule has 8 heavy (non-hydrogen) atoms. The van der Waals surface area contributed by atoms with Gasteiger partial charge in [-0.1, -0.05) is 13.8 Å². The summed E-state index contributed by atoms with van der Waals surface area (Å²) >= 11 is 0. The average Bonchev–Trinajstić information content (AvgIpc) is 1.65. The number of nitrogens with zero attached hydrogens (tertiary/aromatic N) is 1. The molecule has 0 saturated heterocycles. The van der Waals surface area contributed by atoms with Crippen molar-refractivity contribution in [1.29, 1.82) is 0 Å². The lowest BCUT2D eigenvalue weighted by Gasteiger charge is -2.00. The Balaban J connectivity index is 3.39. The van der Waals surface area contributed by atoms with Gasteiger partial charge in [-0.05, 0) is 19.3 Å². The minimum atomic E-state index is 0.669. The van der Waals surface area contributed by atoms with Crippen LogP contribution < -0.4 is 5.84 Å². The Hall–Kier alpha value is -0.530. The van der Waals surface area contributed by atoms with E-state index in [0.29, 0.717) is 5.92 Å². The molecular weight excluding hydrogens is 100 g/mol. The summed E-state index contributed by atoms with van der Waals surface area (Å²) in [5, 5.41) is 3.55. The van der Waals surface area contributed by atoms with E-state index in [-0.39, 0.29) is 0 Å². The highest BCUT2D eigenvalue weighted by Gasteiger charge is 1.94. The molecule has 0 heterocycles. The summed E-state index contributed by atoms with van der Waals surface area (Å²) in [5.41, 5.74) is 1.03. The fourth-order valence-corrected chi connectivity index (χ4v) is 0.644. The molecule has 0 aliphatic rings. The highest BCUT2D eigenvalue weighted by Crippen LogP contribution is 1.99. The zero-order valence-electron chi connectivity index (χ0n) is 5.81. The summed E-state index contributed by atoms with van der Waals surface area (Å²) in [7, 11) is 0. The molecule has 48 valence electrons. The van der Waals surface area contributed by atoms with Gasteiger partial charge in [0.25, 0.3) is 0 Å². The van der Waals surface area contributed by atoms with Crippen molar-refractivity contribution in [3.8, 4) is 0 Å². The van der Waals surface area contributed by atoms with Gasteiger partial charge in [-0.3, -0.25) is 0 Å². The normalized spacial score (nSPS) is 12.8. The third-order valence-electron chi connectivity index (χ3n) is 0.924. The van der Waals surface area contributed by atoms with Crippen molar-refractivity contribution >= 4 is 5.71 Å². The van der Waals surface area contributed by atoms with Crippen LogP contribution in [0.1, 0.15) is 27.2 Å². The fourth-order valence-electron chi connectivity index (χ4n) is 0.644. The van der Waals surface area contributed by atoms with Crippen LogP contribution in [0.4, 0.5) is 0 Å². The predicted molar refractivity (Wildman–Crippen MR) is 36.8 cm³/mol. The third kappa shape index (κ3) is 3.65. The predicted octanol–water partition coefficient (Wildman–Crippen LogP) is 1.37. The summed E-state index contributed by atoms with van der Waals surface area (Å²) in [6.07, 6.45) is 1.01. The molecule has 0 aromatic heterocycles. The Morgan fingerprint density at radius 3 is 2.25 bits per heavy atom. The second kappa shape index (κ2) is 3.47. The van der Waals surface area contributed by atoms with Crippen molar-refractivity contribution in [1.82, 2.24) is 0 Å². The van der Waals surface area contributed by atoms with Gasteiger partial charge in [-0.15, -0.1) is 0 Å². The standard InChI is InChI=1S/C6H14N2/c1-5(2)4-6(3)8-7/h5H,4,7H2,1-3H3/b8-6-.